The Labute approximate surface area is 107 Å². The van der Waals surface area contributed by atoms with E-state index in [4.69, 9.17) is 15.2 Å². The van der Waals surface area contributed by atoms with E-state index in [2.05, 4.69) is 12.1 Å². The van der Waals surface area contributed by atoms with Gasteiger partial charge in [-0.25, -0.2) is 0 Å². The van der Waals surface area contributed by atoms with Gasteiger partial charge in [0.2, 0.25) is 0 Å². The summed E-state index contributed by atoms with van der Waals surface area (Å²) in [6.45, 7) is 4.43. The number of hydrogen-bond donors (Lipinski definition) is 1. The van der Waals surface area contributed by atoms with Crippen LogP contribution in [0.3, 0.4) is 0 Å². The van der Waals surface area contributed by atoms with Crippen LogP contribution in [0.2, 0.25) is 0 Å². The van der Waals surface area contributed by atoms with Crippen LogP contribution in [0.5, 0.6) is 0 Å². The van der Waals surface area contributed by atoms with Crippen molar-refractivity contribution in [2.45, 2.75) is 36.7 Å². The van der Waals surface area contributed by atoms with Crippen LogP contribution in [0.25, 0.3) is 0 Å². The molecule has 1 heterocycles. The van der Waals surface area contributed by atoms with Gasteiger partial charge >= 0.3 is 0 Å². The van der Waals surface area contributed by atoms with Gasteiger partial charge in [-0.3, -0.25) is 0 Å². The Morgan fingerprint density at radius 1 is 1.41 bits per heavy atom. The van der Waals surface area contributed by atoms with Crippen molar-refractivity contribution >= 4 is 11.8 Å². The number of ether oxygens (including phenoxy) is 2. The molecule has 2 rings (SSSR count). The molecule has 1 aliphatic rings. The van der Waals surface area contributed by atoms with E-state index in [0.717, 1.165) is 5.75 Å². The molecule has 17 heavy (non-hydrogen) atoms. The maximum absolute atomic E-state index is 6.12. The number of benzene rings is 1. The summed E-state index contributed by atoms with van der Waals surface area (Å²) in [4.78, 5) is 1.24. The first-order chi connectivity index (χ1) is 8.07. The minimum absolute atomic E-state index is 0.00112. The minimum Gasteiger partial charge on any atom is -0.348 e. The standard InChI is InChI=1S/C13H19NO2S/c1-13(2)15-8-12(16-13)11(14)9-17-10-6-4-3-5-7-10/h3-7,11-12H,8-9,14H2,1-2H3/t11?,12-/m1/s1. The minimum atomic E-state index is -0.486. The SMILES string of the molecule is CC1(C)OC[C@H](C(N)CSc2ccccc2)O1. The summed E-state index contributed by atoms with van der Waals surface area (Å²) in [5, 5.41) is 0. The summed E-state index contributed by atoms with van der Waals surface area (Å²) in [7, 11) is 0. The molecule has 1 aliphatic heterocycles. The Morgan fingerprint density at radius 3 is 2.71 bits per heavy atom. The van der Waals surface area contributed by atoms with Gasteiger partial charge < -0.3 is 15.2 Å². The summed E-state index contributed by atoms with van der Waals surface area (Å²) < 4.78 is 11.3. The van der Waals surface area contributed by atoms with Crippen molar-refractivity contribution in [2.24, 2.45) is 5.73 Å². The molecular formula is C13H19NO2S. The summed E-state index contributed by atoms with van der Waals surface area (Å²) in [5.74, 6) is 0.355. The Kier molecular flexibility index (Phi) is 4.09. The molecule has 1 unspecified atom stereocenters. The van der Waals surface area contributed by atoms with Crippen molar-refractivity contribution in [1.29, 1.82) is 0 Å². The first-order valence-corrected chi connectivity index (χ1v) is 6.80. The molecule has 1 fully saturated rings. The molecule has 0 radical (unpaired) electrons. The van der Waals surface area contributed by atoms with Crippen LogP contribution in [-0.2, 0) is 9.47 Å². The van der Waals surface area contributed by atoms with E-state index in [9.17, 15) is 0 Å². The van der Waals surface area contributed by atoms with Gasteiger partial charge in [-0.15, -0.1) is 11.8 Å². The van der Waals surface area contributed by atoms with Gasteiger partial charge in [0, 0.05) is 16.7 Å². The topological polar surface area (TPSA) is 44.5 Å². The van der Waals surface area contributed by atoms with Gasteiger partial charge in [0.25, 0.3) is 0 Å². The van der Waals surface area contributed by atoms with Crippen LogP contribution in [0.4, 0.5) is 0 Å². The smallest absolute Gasteiger partial charge is 0.163 e. The zero-order chi connectivity index (χ0) is 12.3. The van der Waals surface area contributed by atoms with Crippen LogP contribution >= 0.6 is 11.8 Å². The first-order valence-electron chi connectivity index (χ1n) is 5.82. The second-order valence-corrected chi connectivity index (χ2v) is 5.75. The average molecular weight is 253 g/mol. The van der Waals surface area contributed by atoms with Crippen molar-refractivity contribution in [3.8, 4) is 0 Å². The average Bonchev–Trinajstić information content (AvgIpc) is 2.68. The van der Waals surface area contributed by atoms with E-state index in [1.807, 2.05) is 32.0 Å². The fourth-order valence-corrected chi connectivity index (χ4v) is 2.69. The van der Waals surface area contributed by atoms with Gasteiger partial charge in [-0.2, -0.15) is 0 Å². The number of nitrogens with two attached hydrogens (primary N) is 1. The van der Waals surface area contributed by atoms with E-state index >= 15 is 0 Å². The van der Waals surface area contributed by atoms with E-state index in [-0.39, 0.29) is 12.1 Å². The van der Waals surface area contributed by atoms with E-state index in [0.29, 0.717) is 6.61 Å². The molecule has 0 amide bonds. The number of thioether (sulfide) groups is 1. The lowest BCUT2D eigenvalue weighted by Crippen LogP contribution is -2.39. The van der Waals surface area contributed by atoms with Crippen molar-refractivity contribution in [3.63, 3.8) is 0 Å². The molecule has 2 atom stereocenters. The first kappa shape index (κ1) is 12.9. The molecule has 0 aliphatic carbocycles. The Balaban J connectivity index is 1.80. The second kappa shape index (κ2) is 5.40. The molecule has 0 aromatic heterocycles. The quantitative estimate of drug-likeness (QED) is 0.836. The fraction of sp³-hybridized carbons (Fsp3) is 0.538. The predicted molar refractivity (Wildman–Crippen MR) is 70.0 cm³/mol. The third-order valence-electron chi connectivity index (χ3n) is 2.69. The molecule has 1 saturated heterocycles. The van der Waals surface area contributed by atoms with Crippen LogP contribution in [0.1, 0.15) is 13.8 Å². The molecule has 1 aromatic carbocycles. The Morgan fingerprint density at radius 2 is 2.12 bits per heavy atom. The maximum Gasteiger partial charge on any atom is 0.163 e. The Bertz CT molecular complexity index is 356. The molecular weight excluding hydrogens is 234 g/mol. The monoisotopic (exact) mass is 253 g/mol. The third kappa shape index (κ3) is 3.71. The van der Waals surface area contributed by atoms with Gasteiger partial charge in [0.1, 0.15) is 6.10 Å². The molecule has 4 heteroatoms. The lowest BCUT2D eigenvalue weighted by Gasteiger charge is -2.20. The maximum atomic E-state index is 6.12. The van der Waals surface area contributed by atoms with Crippen LogP contribution in [-0.4, -0.2) is 30.3 Å². The molecule has 0 saturated carbocycles. The lowest BCUT2D eigenvalue weighted by molar-refractivity contribution is -0.139. The molecule has 3 nitrogen and oxygen atoms in total. The summed E-state index contributed by atoms with van der Waals surface area (Å²) in [5.41, 5.74) is 6.12. The second-order valence-electron chi connectivity index (χ2n) is 4.66. The van der Waals surface area contributed by atoms with Gasteiger partial charge in [0.15, 0.2) is 5.79 Å². The summed E-state index contributed by atoms with van der Waals surface area (Å²) in [6.07, 6.45) is 0.00112. The van der Waals surface area contributed by atoms with Crippen LogP contribution in [0.15, 0.2) is 35.2 Å². The Hall–Kier alpha value is -0.550. The number of rotatable bonds is 4. The molecule has 94 valence electrons. The van der Waals surface area contributed by atoms with E-state index in [1.54, 1.807) is 11.8 Å². The normalized spacial score (nSPS) is 24.8. The summed E-state index contributed by atoms with van der Waals surface area (Å²) in [6, 6.07) is 10.3. The largest absolute Gasteiger partial charge is 0.348 e. The van der Waals surface area contributed by atoms with Gasteiger partial charge in [0.05, 0.1) is 6.61 Å². The van der Waals surface area contributed by atoms with Crippen molar-refractivity contribution in [2.75, 3.05) is 12.4 Å². The van der Waals surface area contributed by atoms with Crippen molar-refractivity contribution < 1.29 is 9.47 Å². The number of hydrogen-bond acceptors (Lipinski definition) is 4. The zero-order valence-corrected chi connectivity index (χ0v) is 11.1. The highest BCUT2D eigenvalue weighted by atomic mass is 32.2. The van der Waals surface area contributed by atoms with Gasteiger partial charge in [-0.1, -0.05) is 18.2 Å². The predicted octanol–water partition coefficient (Wildman–Crippen LogP) is 2.26. The highest BCUT2D eigenvalue weighted by molar-refractivity contribution is 7.99. The summed E-state index contributed by atoms with van der Waals surface area (Å²) >= 11 is 1.75. The van der Waals surface area contributed by atoms with Crippen LogP contribution in [0, 0.1) is 0 Å². The zero-order valence-electron chi connectivity index (χ0n) is 10.3. The van der Waals surface area contributed by atoms with Crippen LogP contribution < -0.4 is 5.73 Å². The van der Waals surface area contributed by atoms with E-state index in [1.165, 1.54) is 4.90 Å². The molecule has 1 aromatic rings. The van der Waals surface area contributed by atoms with Gasteiger partial charge in [-0.05, 0) is 26.0 Å². The van der Waals surface area contributed by atoms with Crippen molar-refractivity contribution in [3.05, 3.63) is 30.3 Å². The van der Waals surface area contributed by atoms with Crippen molar-refractivity contribution in [1.82, 2.24) is 0 Å². The lowest BCUT2D eigenvalue weighted by atomic mass is 10.2. The third-order valence-corrected chi connectivity index (χ3v) is 3.85. The molecule has 2 N–H and O–H groups in total. The van der Waals surface area contributed by atoms with E-state index < -0.39 is 5.79 Å². The highest BCUT2D eigenvalue weighted by Gasteiger charge is 2.35. The molecule has 0 bridgehead atoms. The molecule has 0 spiro atoms. The highest BCUT2D eigenvalue weighted by Crippen LogP contribution is 2.26. The fourth-order valence-electron chi connectivity index (χ4n) is 1.74.